The second-order valence-electron chi connectivity index (χ2n) is 10.5. The molecular formula is C31H28N4O6S2. The van der Waals surface area contributed by atoms with Crippen molar-refractivity contribution in [2.75, 3.05) is 36.3 Å². The molecule has 1 saturated heterocycles. The number of nitrogens with one attached hydrogen (secondary N) is 1. The minimum Gasteiger partial charge on any atom is -0.508 e. The summed E-state index contributed by atoms with van der Waals surface area (Å²) in [5, 5.41) is 12.0. The van der Waals surface area contributed by atoms with Crippen molar-refractivity contribution >= 4 is 57.9 Å². The number of methoxy groups -OCH3 is 1. The molecule has 0 bridgehead atoms. The van der Waals surface area contributed by atoms with Crippen molar-refractivity contribution in [2.45, 2.75) is 22.7 Å². The average molecular weight is 617 g/mol. The monoisotopic (exact) mass is 616 g/mol. The number of hydrogen-bond acceptors (Lipinski definition) is 9. The second kappa shape index (κ2) is 11.3. The third kappa shape index (κ3) is 5.17. The van der Waals surface area contributed by atoms with Crippen molar-refractivity contribution in [1.29, 1.82) is 0 Å². The van der Waals surface area contributed by atoms with Gasteiger partial charge >= 0.3 is 4.87 Å². The van der Waals surface area contributed by atoms with Crippen LogP contribution >= 0.6 is 23.1 Å². The fraction of sp³-hybridized carbons (Fsp3) is 0.226. The highest BCUT2D eigenvalue weighted by Gasteiger charge is 2.56. The van der Waals surface area contributed by atoms with E-state index in [0.29, 0.717) is 27.0 Å². The van der Waals surface area contributed by atoms with Gasteiger partial charge in [-0.3, -0.25) is 23.7 Å². The number of nitrogens with zero attached hydrogens (tertiary/aromatic N) is 3. The zero-order chi connectivity index (χ0) is 30.4. The third-order valence-corrected chi connectivity index (χ3v) is 10.2. The first-order valence-corrected chi connectivity index (χ1v) is 15.1. The lowest BCUT2D eigenvalue weighted by molar-refractivity contribution is -0.122. The molecule has 220 valence electrons. The predicted octanol–water partition coefficient (Wildman–Crippen LogP) is 4.12. The molecule has 2 aliphatic heterocycles. The summed E-state index contributed by atoms with van der Waals surface area (Å²) < 4.78 is 6.62. The van der Waals surface area contributed by atoms with Crippen LogP contribution in [-0.4, -0.2) is 53.9 Å². The van der Waals surface area contributed by atoms with E-state index in [1.807, 2.05) is 43.3 Å². The van der Waals surface area contributed by atoms with Gasteiger partial charge in [0.1, 0.15) is 23.3 Å². The lowest BCUT2D eigenvalue weighted by Crippen LogP contribution is -2.33. The molecule has 0 spiro atoms. The molecule has 1 fully saturated rings. The van der Waals surface area contributed by atoms with Crippen LogP contribution in [0.1, 0.15) is 16.4 Å². The van der Waals surface area contributed by atoms with E-state index < -0.39 is 23.0 Å². The van der Waals surface area contributed by atoms with Gasteiger partial charge in [-0.2, -0.15) is 0 Å². The van der Waals surface area contributed by atoms with E-state index >= 15 is 0 Å². The highest BCUT2D eigenvalue weighted by atomic mass is 32.2. The first-order chi connectivity index (χ1) is 20.7. The Hall–Kier alpha value is -4.55. The van der Waals surface area contributed by atoms with E-state index in [4.69, 9.17) is 4.74 Å². The summed E-state index contributed by atoms with van der Waals surface area (Å²) >= 11 is 2.16. The molecule has 3 unspecified atom stereocenters. The van der Waals surface area contributed by atoms with E-state index in [1.165, 1.54) is 33.4 Å². The van der Waals surface area contributed by atoms with Crippen molar-refractivity contribution < 1.29 is 24.2 Å². The lowest BCUT2D eigenvalue weighted by Gasteiger charge is -2.31. The minimum atomic E-state index is -0.791. The standard InChI is InChI=1S/C31H28N4O6S2/c1-33(2)19-8-4-17(5-9-19)24-25-26(29(39)35(28(25)38)20-10-14-22(41-3)15-11-20)42-30-27(24)43-31(40)34(30)16-23(37)32-18-6-12-21(36)13-7-18/h4-15,24-26,36H,16H2,1-3H3,(H,32,37). The number of hydrogen-bond donors (Lipinski definition) is 2. The van der Waals surface area contributed by atoms with Gasteiger partial charge in [-0.25, -0.2) is 4.90 Å². The Kier molecular flexibility index (Phi) is 7.49. The van der Waals surface area contributed by atoms with Crippen LogP contribution in [0.4, 0.5) is 17.1 Å². The van der Waals surface area contributed by atoms with Crippen molar-refractivity contribution in [2.24, 2.45) is 5.92 Å². The number of ether oxygens (including phenoxy) is 1. The zero-order valence-electron chi connectivity index (χ0n) is 23.5. The number of aromatic hydroxyl groups is 1. The molecular weight excluding hydrogens is 588 g/mol. The van der Waals surface area contributed by atoms with Gasteiger partial charge in [-0.1, -0.05) is 35.2 Å². The SMILES string of the molecule is COc1ccc(N2C(=O)C3Sc4c(sc(=O)n4CC(=O)Nc4ccc(O)cc4)C(c4ccc(N(C)C)cc4)C3C2=O)cc1. The summed E-state index contributed by atoms with van der Waals surface area (Å²) in [6.45, 7) is -0.271. The Morgan fingerprint density at radius 2 is 1.63 bits per heavy atom. The number of carbonyl (C=O) groups excluding carboxylic acids is 3. The number of carbonyl (C=O) groups is 3. The molecule has 4 aromatic rings. The summed E-state index contributed by atoms with van der Waals surface area (Å²) in [4.78, 5) is 57.8. The summed E-state index contributed by atoms with van der Waals surface area (Å²) in [5.74, 6) is -1.77. The summed E-state index contributed by atoms with van der Waals surface area (Å²) in [6, 6.07) is 20.5. The number of rotatable bonds is 7. The van der Waals surface area contributed by atoms with Crippen LogP contribution < -0.4 is 24.7 Å². The number of thioether (sulfide) groups is 1. The van der Waals surface area contributed by atoms with Crippen LogP contribution in [0.25, 0.3) is 0 Å². The summed E-state index contributed by atoms with van der Waals surface area (Å²) in [7, 11) is 5.41. The van der Waals surface area contributed by atoms with Gasteiger partial charge in [0, 0.05) is 36.3 Å². The molecule has 43 heavy (non-hydrogen) atoms. The van der Waals surface area contributed by atoms with Gasteiger partial charge in [0.05, 0.1) is 23.7 Å². The van der Waals surface area contributed by atoms with Crippen LogP contribution in [0.2, 0.25) is 0 Å². The molecule has 2 N–H and O–H groups in total. The first-order valence-electron chi connectivity index (χ1n) is 13.4. The molecule has 1 aromatic heterocycles. The number of phenols is 1. The predicted molar refractivity (Wildman–Crippen MR) is 167 cm³/mol. The van der Waals surface area contributed by atoms with Gasteiger partial charge in [-0.05, 0) is 66.2 Å². The normalized spacial score (nSPS) is 19.1. The van der Waals surface area contributed by atoms with Crippen LogP contribution in [0, 0.1) is 5.92 Å². The van der Waals surface area contributed by atoms with E-state index in [2.05, 4.69) is 5.32 Å². The topological polar surface area (TPSA) is 121 Å². The van der Waals surface area contributed by atoms with Gasteiger partial charge in [0.2, 0.25) is 17.7 Å². The quantitative estimate of drug-likeness (QED) is 0.235. The number of amides is 3. The minimum absolute atomic E-state index is 0.0659. The maximum Gasteiger partial charge on any atom is 0.308 e. The van der Waals surface area contributed by atoms with E-state index in [9.17, 15) is 24.3 Å². The number of fused-ring (bicyclic) bond motifs is 2. The number of benzene rings is 3. The number of aromatic nitrogens is 1. The molecule has 0 aliphatic carbocycles. The molecule has 3 amide bonds. The fourth-order valence-corrected chi connectivity index (χ4v) is 8.24. The number of anilines is 3. The van der Waals surface area contributed by atoms with Crippen LogP contribution in [0.3, 0.4) is 0 Å². The van der Waals surface area contributed by atoms with Crippen LogP contribution in [0.15, 0.2) is 82.6 Å². The molecule has 3 heterocycles. The van der Waals surface area contributed by atoms with Gasteiger partial charge in [0.15, 0.2) is 0 Å². The molecule has 0 saturated carbocycles. The van der Waals surface area contributed by atoms with Crippen molar-refractivity contribution in [3.63, 3.8) is 0 Å². The lowest BCUT2D eigenvalue weighted by atomic mass is 9.83. The van der Waals surface area contributed by atoms with Crippen molar-refractivity contribution in [1.82, 2.24) is 4.57 Å². The molecule has 2 aliphatic rings. The molecule has 0 radical (unpaired) electrons. The van der Waals surface area contributed by atoms with Gasteiger partial charge in [0.25, 0.3) is 0 Å². The Morgan fingerprint density at radius 1 is 0.953 bits per heavy atom. The highest BCUT2D eigenvalue weighted by molar-refractivity contribution is 8.00. The molecule has 10 nitrogen and oxygen atoms in total. The van der Waals surface area contributed by atoms with Gasteiger partial charge < -0.3 is 20.1 Å². The second-order valence-corrected chi connectivity index (χ2v) is 12.6. The van der Waals surface area contributed by atoms with E-state index in [0.717, 1.165) is 22.6 Å². The first kappa shape index (κ1) is 28.6. The maximum atomic E-state index is 14.1. The number of imide groups is 1. The largest absolute Gasteiger partial charge is 0.508 e. The highest BCUT2D eigenvalue weighted by Crippen LogP contribution is 2.54. The Balaban J connectivity index is 1.40. The fourth-order valence-electron chi connectivity index (χ4n) is 5.47. The zero-order valence-corrected chi connectivity index (χ0v) is 25.1. The average Bonchev–Trinajstić information content (AvgIpc) is 3.44. The summed E-state index contributed by atoms with van der Waals surface area (Å²) in [6.07, 6.45) is 0. The molecule has 12 heteroatoms. The molecule has 6 rings (SSSR count). The van der Waals surface area contributed by atoms with Crippen LogP contribution in [-0.2, 0) is 20.9 Å². The van der Waals surface area contributed by atoms with Crippen LogP contribution in [0.5, 0.6) is 11.5 Å². The van der Waals surface area contributed by atoms with Gasteiger partial charge in [-0.15, -0.1) is 0 Å². The Morgan fingerprint density at radius 3 is 2.26 bits per heavy atom. The number of thiazole rings is 1. The van der Waals surface area contributed by atoms with Crippen molar-refractivity contribution in [3.8, 4) is 11.5 Å². The Labute approximate surface area is 255 Å². The maximum absolute atomic E-state index is 14.1. The molecule has 3 atom stereocenters. The van der Waals surface area contributed by atoms with E-state index in [-0.39, 0.29) is 29.0 Å². The molecule has 3 aromatic carbocycles. The third-order valence-electron chi connectivity index (χ3n) is 7.60. The smallest absolute Gasteiger partial charge is 0.308 e. The van der Waals surface area contributed by atoms with Crippen molar-refractivity contribution in [3.05, 3.63) is 92.9 Å². The summed E-state index contributed by atoms with van der Waals surface area (Å²) in [5.41, 5.74) is 2.69. The van der Waals surface area contributed by atoms with E-state index in [1.54, 1.807) is 43.5 Å². The number of phenolic OH excluding ortho intramolecular Hbond substituents is 1. The Bertz CT molecular complexity index is 1760.